The van der Waals surface area contributed by atoms with Crippen molar-refractivity contribution >= 4 is 5.97 Å². The van der Waals surface area contributed by atoms with E-state index in [9.17, 15) is 4.79 Å². The van der Waals surface area contributed by atoms with Gasteiger partial charge in [0, 0.05) is 12.1 Å². The maximum Gasteiger partial charge on any atom is 0.304 e. The van der Waals surface area contributed by atoms with Gasteiger partial charge in [0.2, 0.25) is 0 Å². The molecule has 0 aromatic heterocycles. The van der Waals surface area contributed by atoms with Gasteiger partial charge in [0.05, 0.1) is 6.42 Å². The van der Waals surface area contributed by atoms with Crippen LogP contribution >= 0.6 is 0 Å². The minimum Gasteiger partial charge on any atom is -0.481 e. The molecule has 0 bridgehead atoms. The number of carboxylic acids is 1. The SMILES string of the molecule is Cc1ccc(CC(CC(=O)O)NC2CC2)cc1. The summed E-state index contributed by atoms with van der Waals surface area (Å²) in [4.78, 5) is 10.8. The smallest absolute Gasteiger partial charge is 0.304 e. The number of carboxylic acid groups (broad SMARTS) is 1. The summed E-state index contributed by atoms with van der Waals surface area (Å²) in [6.07, 6.45) is 3.36. The van der Waals surface area contributed by atoms with Crippen molar-refractivity contribution in [1.29, 1.82) is 0 Å². The molecule has 0 radical (unpaired) electrons. The van der Waals surface area contributed by atoms with E-state index in [0.717, 1.165) is 6.42 Å². The third-order valence-electron chi connectivity index (χ3n) is 3.07. The maximum atomic E-state index is 10.8. The Balaban J connectivity index is 1.94. The van der Waals surface area contributed by atoms with Crippen LogP contribution in [0, 0.1) is 6.92 Å². The van der Waals surface area contributed by atoms with Crippen LogP contribution in [0.15, 0.2) is 24.3 Å². The van der Waals surface area contributed by atoms with Crippen molar-refractivity contribution in [2.75, 3.05) is 0 Å². The lowest BCUT2D eigenvalue weighted by Gasteiger charge is -2.16. The summed E-state index contributed by atoms with van der Waals surface area (Å²) < 4.78 is 0. The molecule has 17 heavy (non-hydrogen) atoms. The normalized spacial score (nSPS) is 16.8. The number of benzene rings is 1. The molecule has 0 aliphatic heterocycles. The number of aliphatic carboxylic acids is 1. The Hall–Kier alpha value is -1.35. The molecule has 2 N–H and O–H groups in total. The average Bonchev–Trinajstić information content (AvgIpc) is 3.04. The van der Waals surface area contributed by atoms with Crippen molar-refractivity contribution in [3.05, 3.63) is 35.4 Å². The maximum absolute atomic E-state index is 10.8. The van der Waals surface area contributed by atoms with E-state index in [1.165, 1.54) is 24.0 Å². The number of rotatable bonds is 6. The van der Waals surface area contributed by atoms with Crippen molar-refractivity contribution in [3.8, 4) is 0 Å². The minimum atomic E-state index is -0.727. The van der Waals surface area contributed by atoms with Crippen LogP contribution in [0.25, 0.3) is 0 Å². The molecule has 0 spiro atoms. The highest BCUT2D eigenvalue weighted by atomic mass is 16.4. The van der Waals surface area contributed by atoms with E-state index in [2.05, 4.69) is 36.5 Å². The van der Waals surface area contributed by atoms with E-state index < -0.39 is 5.97 Å². The molecule has 1 unspecified atom stereocenters. The van der Waals surface area contributed by atoms with E-state index in [1.54, 1.807) is 0 Å². The summed E-state index contributed by atoms with van der Waals surface area (Å²) in [6.45, 7) is 2.06. The summed E-state index contributed by atoms with van der Waals surface area (Å²) >= 11 is 0. The molecule has 1 aromatic rings. The van der Waals surface area contributed by atoms with Crippen LogP contribution in [-0.2, 0) is 11.2 Å². The Bertz CT molecular complexity index is 382. The zero-order chi connectivity index (χ0) is 12.3. The molecule has 1 atom stereocenters. The fourth-order valence-corrected chi connectivity index (χ4v) is 1.99. The number of aryl methyl sites for hydroxylation is 1. The van der Waals surface area contributed by atoms with E-state index in [1.807, 2.05) is 0 Å². The molecular weight excluding hydrogens is 214 g/mol. The molecule has 0 heterocycles. The molecule has 1 saturated carbocycles. The third-order valence-corrected chi connectivity index (χ3v) is 3.07. The number of carbonyl (C=O) groups is 1. The predicted molar refractivity (Wildman–Crippen MR) is 67.1 cm³/mol. The van der Waals surface area contributed by atoms with Crippen LogP contribution in [0.3, 0.4) is 0 Å². The first-order valence-electron chi connectivity index (χ1n) is 6.17. The highest BCUT2D eigenvalue weighted by Gasteiger charge is 2.25. The van der Waals surface area contributed by atoms with Crippen molar-refractivity contribution in [2.45, 2.75) is 44.7 Å². The highest BCUT2D eigenvalue weighted by molar-refractivity contribution is 5.67. The standard InChI is InChI=1S/C14H19NO2/c1-10-2-4-11(5-3-10)8-13(9-14(16)17)15-12-6-7-12/h2-5,12-13,15H,6-9H2,1H3,(H,16,17). The van der Waals surface area contributed by atoms with Gasteiger partial charge in [0.1, 0.15) is 0 Å². The predicted octanol–water partition coefficient (Wildman–Crippen LogP) is 2.13. The van der Waals surface area contributed by atoms with Crippen molar-refractivity contribution in [1.82, 2.24) is 5.32 Å². The van der Waals surface area contributed by atoms with Gasteiger partial charge < -0.3 is 10.4 Å². The monoisotopic (exact) mass is 233 g/mol. The van der Waals surface area contributed by atoms with Gasteiger partial charge in [0.15, 0.2) is 0 Å². The third kappa shape index (κ3) is 4.19. The van der Waals surface area contributed by atoms with Gasteiger partial charge in [-0.1, -0.05) is 29.8 Å². The second-order valence-corrected chi connectivity index (χ2v) is 4.93. The molecule has 0 amide bonds. The molecule has 1 aliphatic rings. The molecule has 92 valence electrons. The van der Waals surface area contributed by atoms with Crippen molar-refractivity contribution < 1.29 is 9.90 Å². The zero-order valence-electron chi connectivity index (χ0n) is 10.1. The Labute approximate surface area is 102 Å². The quantitative estimate of drug-likeness (QED) is 0.791. The van der Waals surface area contributed by atoms with Crippen LogP contribution in [0.4, 0.5) is 0 Å². The molecule has 1 aliphatic carbocycles. The molecule has 0 saturated heterocycles. The summed E-state index contributed by atoms with van der Waals surface area (Å²) in [5.41, 5.74) is 2.44. The Morgan fingerprint density at radius 2 is 2.06 bits per heavy atom. The topological polar surface area (TPSA) is 49.3 Å². The zero-order valence-corrected chi connectivity index (χ0v) is 10.1. The largest absolute Gasteiger partial charge is 0.481 e. The lowest BCUT2D eigenvalue weighted by molar-refractivity contribution is -0.137. The lowest BCUT2D eigenvalue weighted by Crippen LogP contribution is -2.35. The molecule has 2 rings (SSSR count). The van der Waals surface area contributed by atoms with Crippen LogP contribution in [0.2, 0.25) is 0 Å². The van der Waals surface area contributed by atoms with Gasteiger partial charge in [-0.05, 0) is 31.7 Å². The minimum absolute atomic E-state index is 0.0581. The number of hydrogen-bond donors (Lipinski definition) is 2. The van der Waals surface area contributed by atoms with E-state index >= 15 is 0 Å². The second-order valence-electron chi connectivity index (χ2n) is 4.93. The Kier molecular flexibility index (Phi) is 3.79. The highest BCUT2D eigenvalue weighted by Crippen LogP contribution is 2.21. The van der Waals surface area contributed by atoms with Gasteiger partial charge in [-0.2, -0.15) is 0 Å². The van der Waals surface area contributed by atoms with Crippen LogP contribution in [-0.4, -0.2) is 23.2 Å². The van der Waals surface area contributed by atoms with Gasteiger partial charge in [0.25, 0.3) is 0 Å². The molecular formula is C14H19NO2. The van der Waals surface area contributed by atoms with E-state index in [4.69, 9.17) is 5.11 Å². The molecule has 3 nitrogen and oxygen atoms in total. The number of hydrogen-bond acceptors (Lipinski definition) is 2. The van der Waals surface area contributed by atoms with Crippen LogP contribution < -0.4 is 5.32 Å². The van der Waals surface area contributed by atoms with Gasteiger partial charge >= 0.3 is 5.97 Å². The number of nitrogens with one attached hydrogen (secondary N) is 1. The van der Waals surface area contributed by atoms with Gasteiger partial charge in [-0.15, -0.1) is 0 Å². The Morgan fingerprint density at radius 1 is 1.41 bits per heavy atom. The summed E-state index contributed by atoms with van der Waals surface area (Å²) in [5, 5.41) is 12.3. The van der Waals surface area contributed by atoms with Crippen molar-refractivity contribution in [2.24, 2.45) is 0 Å². The first-order chi connectivity index (χ1) is 8.13. The fourth-order valence-electron chi connectivity index (χ4n) is 1.99. The van der Waals surface area contributed by atoms with Gasteiger partial charge in [-0.25, -0.2) is 0 Å². The first kappa shape index (κ1) is 12.1. The van der Waals surface area contributed by atoms with Crippen LogP contribution in [0.1, 0.15) is 30.4 Å². The van der Waals surface area contributed by atoms with Crippen LogP contribution in [0.5, 0.6) is 0 Å². The van der Waals surface area contributed by atoms with Crippen molar-refractivity contribution in [3.63, 3.8) is 0 Å². The lowest BCUT2D eigenvalue weighted by atomic mass is 10.0. The van der Waals surface area contributed by atoms with E-state index in [0.29, 0.717) is 6.04 Å². The first-order valence-corrected chi connectivity index (χ1v) is 6.17. The fraction of sp³-hybridized carbons (Fsp3) is 0.500. The van der Waals surface area contributed by atoms with Gasteiger partial charge in [-0.3, -0.25) is 4.79 Å². The van der Waals surface area contributed by atoms with E-state index in [-0.39, 0.29) is 12.5 Å². The second kappa shape index (κ2) is 5.32. The Morgan fingerprint density at radius 3 is 2.59 bits per heavy atom. The summed E-state index contributed by atoms with van der Waals surface area (Å²) in [6, 6.07) is 8.92. The molecule has 1 aromatic carbocycles. The molecule has 3 heteroatoms. The molecule has 1 fully saturated rings. The summed E-state index contributed by atoms with van der Waals surface area (Å²) in [5.74, 6) is -0.727. The average molecular weight is 233 g/mol. The summed E-state index contributed by atoms with van der Waals surface area (Å²) in [7, 11) is 0.